The number of aromatic nitrogens is 2. The molecule has 27 heavy (non-hydrogen) atoms. The molecule has 2 unspecified atom stereocenters. The number of rotatable bonds is 2. The topological polar surface area (TPSA) is 46.9 Å². The van der Waals surface area contributed by atoms with Crippen molar-refractivity contribution < 1.29 is 18.0 Å². The van der Waals surface area contributed by atoms with E-state index in [1.54, 1.807) is 12.1 Å². The smallest absolute Gasteiger partial charge is 0.322 e. The lowest BCUT2D eigenvalue weighted by molar-refractivity contribution is -0.141. The van der Waals surface area contributed by atoms with Gasteiger partial charge in [0.2, 0.25) is 0 Å². The van der Waals surface area contributed by atoms with Crippen molar-refractivity contribution >= 4 is 34.8 Å². The standard InChI is InChI=1S/C18H14Cl2F3N3O/c1-26-7-11(15(25-26)18(21,22)23)17(27)24-12-4-2-3-8-9-5-6-10(13(8)12)14(9)16(19)20/h2-4,7,9-10H,5-6H2,1H3,(H,24,27). The van der Waals surface area contributed by atoms with Crippen LogP contribution in [0, 0.1) is 0 Å². The summed E-state index contributed by atoms with van der Waals surface area (Å²) in [6.07, 6.45) is -1.90. The molecule has 1 N–H and O–H groups in total. The molecule has 9 heteroatoms. The fourth-order valence-corrected chi connectivity index (χ4v) is 4.74. The van der Waals surface area contributed by atoms with Gasteiger partial charge in [0.25, 0.3) is 5.91 Å². The number of hydrogen-bond donors (Lipinski definition) is 1. The van der Waals surface area contributed by atoms with E-state index in [-0.39, 0.29) is 16.3 Å². The average molecular weight is 416 g/mol. The van der Waals surface area contributed by atoms with Crippen LogP contribution < -0.4 is 5.32 Å². The van der Waals surface area contributed by atoms with Gasteiger partial charge in [-0.15, -0.1) is 0 Å². The summed E-state index contributed by atoms with van der Waals surface area (Å²) in [7, 11) is 1.34. The summed E-state index contributed by atoms with van der Waals surface area (Å²) >= 11 is 12.1. The van der Waals surface area contributed by atoms with Crippen LogP contribution in [0.25, 0.3) is 0 Å². The number of nitrogens with one attached hydrogen (secondary N) is 1. The third kappa shape index (κ3) is 2.93. The first kappa shape index (κ1) is 18.4. The molecule has 0 radical (unpaired) electrons. The summed E-state index contributed by atoms with van der Waals surface area (Å²) in [5.41, 5.74) is 1.58. The van der Waals surface area contributed by atoms with Crippen LogP contribution in [0.1, 0.15) is 51.9 Å². The molecule has 0 saturated heterocycles. The average Bonchev–Trinajstić information content (AvgIpc) is 3.25. The van der Waals surface area contributed by atoms with E-state index in [9.17, 15) is 18.0 Å². The Morgan fingerprint density at radius 3 is 2.63 bits per heavy atom. The van der Waals surface area contributed by atoms with E-state index >= 15 is 0 Å². The molecule has 1 fully saturated rings. The highest BCUT2D eigenvalue weighted by atomic mass is 35.5. The molecular weight excluding hydrogens is 402 g/mol. The minimum absolute atomic E-state index is 0.0255. The second-order valence-corrected chi connectivity index (χ2v) is 7.67. The van der Waals surface area contributed by atoms with Crippen LogP contribution in [0.4, 0.5) is 18.9 Å². The number of allylic oxidation sites excluding steroid dienone is 1. The summed E-state index contributed by atoms with van der Waals surface area (Å²) in [4.78, 5) is 12.6. The fraction of sp³-hybridized carbons (Fsp3) is 0.333. The Kier molecular flexibility index (Phi) is 4.27. The summed E-state index contributed by atoms with van der Waals surface area (Å²) in [5, 5.41) is 6.01. The van der Waals surface area contributed by atoms with E-state index in [1.807, 2.05) is 6.07 Å². The van der Waals surface area contributed by atoms with Crippen LogP contribution in [0.5, 0.6) is 0 Å². The number of alkyl halides is 3. The number of nitrogens with zero attached hydrogens (tertiary/aromatic N) is 2. The van der Waals surface area contributed by atoms with Crippen molar-refractivity contribution in [2.75, 3.05) is 5.32 Å². The Morgan fingerprint density at radius 1 is 1.26 bits per heavy atom. The third-order valence-electron chi connectivity index (χ3n) is 5.17. The van der Waals surface area contributed by atoms with Gasteiger partial charge in [0.1, 0.15) is 4.49 Å². The highest BCUT2D eigenvalue weighted by Gasteiger charge is 2.44. The summed E-state index contributed by atoms with van der Waals surface area (Å²) in [6, 6.07) is 5.39. The van der Waals surface area contributed by atoms with Crippen LogP contribution in [-0.4, -0.2) is 15.7 Å². The SMILES string of the molecule is Cn1cc(C(=O)Nc2cccc3c2C2CCC3C2=C(Cl)Cl)c(C(F)(F)F)n1. The van der Waals surface area contributed by atoms with Gasteiger partial charge in [-0.05, 0) is 35.6 Å². The molecule has 1 aromatic carbocycles. The third-order valence-corrected chi connectivity index (χ3v) is 5.60. The largest absolute Gasteiger partial charge is 0.435 e. The van der Waals surface area contributed by atoms with Crippen molar-refractivity contribution in [1.29, 1.82) is 0 Å². The van der Waals surface area contributed by atoms with Gasteiger partial charge in [0, 0.05) is 30.8 Å². The molecule has 2 aromatic rings. The van der Waals surface area contributed by atoms with Crippen LogP contribution in [-0.2, 0) is 13.2 Å². The molecule has 1 heterocycles. The maximum atomic E-state index is 13.2. The molecule has 1 aromatic heterocycles. The second kappa shape index (κ2) is 6.27. The summed E-state index contributed by atoms with van der Waals surface area (Å²) in [5.74, 6) is -0.785. The van der Waals surface area contributed by atoms with Gasteiger partial charge >= 0.3 is 6.18 Å². The molecule has 2 aliphatic carbocycles. The minimum atomic E-state index is -4.71. The van der Waals surface area contributed by atoms with Gasteiger partial charge < -0.3 is 5.32 Å². The predicted octanol–water partition coefficient (Wildman–Crippen LogP) is 5.36. The molecule has 142 valence electrons. The lowest BCUT2D eigenvalue weighted by atomic mass is 9.90. The van der Waals surface area contributed by atoms with Crippen LogP contribution >= 0.6 is 23.2 Å². The number of benzene rings is 1. The van der Waals surface area contributed by atoms with Crippen molar-refractivity contribution in [3.63, 3.8) is 0 Å². The first-order valence-corrected chi connectivity index (χ1v) is 9.04. The number of anilines is 1. The highest BCUT2D eigenvalue weighted by Crippen LogP contribution is 2.60. The highest BCUT2D eigenvalue weighted by molar-refractivity contribution is 6.56. The van der Waals surface area contributed by atoms with E-state index in [4.69, 9.17) is 23.2 Å². The molecule has 0 aliphatic heterocycles. The number of fused-ring (bicyclic) bond motifs is 5. The lowest BCUT2D eigenvalue weighted by Gasteiger charge is -2.18. The van der Waals surface area contributed by atoms with Gasteiger partial charge in [-0.3, -0.25) is 9.48 Å². The molecule has 4 rings (SSSR count). The number of hydrogen-bond acceptors (Lipinski definition) is 2. The quantitative estimate of drug-likeness (QED) is 0.717. The molecule has 1 amide bonds. The number of aryl methyl sites for hydroxylation is 1. The minimum Gasteiger partial charge on any atom is -0.322 e. The number of carbonyl (C=O) groups excluding carboxylic acids is 1. The van der Waals surface area contributed by atoms with E-state index in [0.717, 1.165) is 40.4 Å². The van der Waals surface area contributed by atoms with Crippen molar-refractivity contribution in [3.05, 3.63) is 56.8 Å². The normalized spacial score (nSPS) is 20.7. The monoisotopic (exact) mass is 415 g/mol. The van der Waals surface area contributed by atoms with E-state index in [1.165, 1.54) is 7.05 Å². The van der Waals surface area contributed by atoms with Gasteiger partial charge in [-0.2, -0.15) is 18.3 Å². The van der Waals surface area contributed by atoms with Gasteiger partial charge in [0.05, 0.1) is 5.56 Å². The Hall–Kier alpha value is -1.99. The van der Waals surface area contributed by atoms with E-state index in [2.05, 4.69) is 10.4 Å². The van der Waals surface area contributed by atoms with Crippen LogP contribution in [0.2, 0.25) is 0 Å². The summed E-state index contributed by atoms with van der Waals surface area (Å²) < 4.78 is 40.7. The maximum absolute atomic E-state index is 13.2. The van der Waals surface area contributed by atoms with E-state index < -0.39 is 23.3 Å². The van der Waals surface area contributed by atoms with Crippen molar-refractivity contribution in [2.24, 2.45) is 7.05 Å². The maximum Gasteiger partial charge on any atom is 0.435 e. The second-order valence-electron chi connectivity index (χ2n) is 6.72. The zero-order valence-electron chi connectivity index (χ0n) is 14.1. The number of halogens is 5. The first-order valence-electron chi connectivity index (χ1n) is 8.28. The van der Waals surface area contributed by atoms with Gasteiger partial charge in [-0.25, -0.2) is 0 Å². The molecule has 0 spiro atoms. The van der Waals surface area contributed by atoms with Crippen molar-refractivity contribution in [2.45, 2.75) is 30.9 Å². The van der Waals surface area contributed by atoms with Crippen LogP contribution in [0.15, 0.2) is 34.5 Å². The number of carbonyl (C=O) groups is 1. The van der Waals surface area contributed by atoms with E-state index in [0.29, 0.717) is 5.69 Å². The van der Waals surface area contributed by atoms with Gasteiger partial charge in [-0.1, -0.05) is 35.3 Å². The van der Waals surface area contributed by atoms with Crippen molar-refractivity contribution in [3.8, 4) is 0 Å². The van der Waals surface area contributed by atoms with Gasteiger partial charge in [0.15, 0.2) is 5.69 Å². The first-order chi connectivity index (χ1) is 12.7. The molecule has 4 nitrogen and oxygen atoms in total. The fourth-order valence-electron chi connectivity index (χ4n) is 4.21. The summed E-state index contributed by atoms with van der Waals surface area (Å²) in [6.45, 7) is 0. The molecule has 2 atom stereocenters. The Labute approximate surface area is 162 Å². The Balaban J connectivity index is 1.72. The van der Waals surface area contributed by atoms with Crippen molar-refractivity contribution in [1.82, 2.24) is 9.78 Å². The molecule has 1 saturated carbocycles. The lowest BCUT2D eigenvalue weighted by Crippen LogP contribution is -2.19. The van der Waals surface area contributed by atoms with Crippen LogP contribution in [0.3, 0.4) is 0 Å². The Bertz CT molecular complexity index is 977. The Morgan fingerprint density at radius 2 is 1.96 bits per heavy atom. The number of amides is 1. The zero-order chi connectivity index (χ0) is 19.5. The predicted molar refractivity (Wildman–Crippen MR) is 96.1 cm³/mol. The molecular formula is C18H14Cl2F3N3O. The molecule has 2 aliphatic rings. The molecule has 2 bridgehead atoms. The zero-order valence-corrected chi connectivity index (χ0v) is 15.6.